The second-order valence-electron chi connectivity index (χ2n) is 20.7. The largest absolute Gasteiger partial charge is 0.462 e. The molecule has 1 aliphatic heterocycles. The first-order chi connectivity index (χ1) is 36.6. The predicted octanol–water partition coefficient (Wildman–Crippen LogP) is 14.8. The van der Waals surface area contributed by atoms with Crippen LogP contribution in [-0.4, -0.2) is 80.7 Å². The zero-order valence-corrected chi connectivity index (χ0v) is 46.8. The molecule has 1 fully saturated rings. The third-order valence-corrected chi connectivity index (χ3v) is 14.7. The quantitative estimate of drug-likeness (QED) is 0.0326. The Balaban J connectivity index is 1.43. The summed E-state index contributed by atoms with van der Waals surface area (Å²) in [6, 6.07) is 28.5. The molecule has 1 saturated heterocycles. The fourth-order valence-electron chi connectivity index (χ4n) is 9.62. The fraction of sp³-hybridized carbons (Fsp3) is 0.677. The SMILES string of the molecule is CCCCCCCCCCCCCCCC(=O)OCC(CO[C@H]1O[C@H](CS(=O)(=O)O)[C@H](OCc2ccccc2)[C@H](OCc2ccccc2)[C@H]1OCc1ccccc1)OC(=O)CCCCCCCCCCCCCCC. The van der Waals surface area contributed by atoms with Gasteiger partial charge in [-0.25, -0.2) is 0 Å². The maximum absolute atomic E-state index is 13.5. The van der Waals surface area contributed by atoms with Gasteiger partial charge < -0.3 is 33.2 Å². The van der Waals surface area contributed by atoms with Gasteiger partial charge in [0.15, 0.2) is 12.4 Å². The van der Waals surface area contributed by atoms with Gasteiger partial charge in [0.05, 0.1) is 26.4 Å². The molecule has 1 unspecified atom stereocenters. The lowest BCUT2D eigenvalue weighted by Gasteiger charge is -2.45. The van der Waals surface area contributed by atoms with Crippen LogP contribution in [0.5, 0.6) is 0 Å². The first-order valence-corrected chi connectivity index (χ1v) is 30.8. The molecule has 12 nitrogen and oxygen atoms in total. The molecular formula is C62H96O12S. The molecule has 1 N–H and O–H groups in total. The van der Waals surface area contributed by atoms with Crippen molar-refractivity contribution >= 4 is 22.1 Å². The van der Waals surface area contributed by atoms with Crippen LogP contribution in [0.25, 0.3) is 0 Å². The van der Waals surface area contributed by atoms with Gasteiger partial charge in [0.2, 0.25) is 0 Å². The number of ether oxygens (including phenoxy) is 7. The van der Waals surface area contributed by atoms with Crippen LogP contribution in [0.1, 0.15) is 210 Å². The van der Waals surface area contributed by atoms with Crippen LogP contribution < -0.4 is 0 Å². The molecular weight excluding hydrogens is 969 g/mol. The minimum absolute atomic E-state index is 0.0843. The Morgan fingerprint density at radius 3 is 1.23 bits per heavy atom. The van der Waals surface area contributed by atoms with Gasteiger partial charge >= 0.3 is 11.9 Å². The number of carbonyl (C=O) groups excluding carboxylic acids is 2. The number of carbonyl (C=O) groups is 2. The summed E-state index contributed by atoms with van der Waals surface area (Å²) >= 11 is 0. The number of unbranched alkanes of at least 4 members (excludes halogenated alkanes) is 24. The van der Waals surface area contributed by atoms with Gasteiger partial charge in [0.1, 0.15) is 36.8 Å². The molecule has 0 aliphatic carbocycles. The molecule has 3 aromatic rings. The molecule has 0 spiro atoms. The van der Waals surface area contributed by atoms with Crippen LogP contribution in [0.15, 0.2) is 91.0 Å². The average molecular weight is 1070 g/mol. The molecule has 0 amide bonds. The van der Waals surface area contributed by atoms with E-state index in [1.165, 1.54) is 116 Å². The monoisotopic (exact) mass is 1060 g/mol. The highest BCUT2D eigenvalue weighted by Crippen LogP contribution is 2.32. The summed E-state index contributed by atoms with van der Waals surface area (Å²) in [5, 5.41) is 0. The summed E-state index contributed by atoms with van der Waals surface area (Å²) in [5.41, 5.74) is 2.54. The van der Waals surface area contributed by atoms with E-state index in [2.05, 4.69) is 13.8 Å². The van der Waals surface area contributed by atoms with E-state index < -0.39 is 58.7 Å². The summed E-state index contributed by atoms with van der Waals surface area (Å²) in [6.45, 7) is 4.29. The highest BCUT2D eigenvalue weighted by atomic mass is 32.2. The number of hydrogen-bond donors (Lipinski definition) is 1. The van der Waals surface area contributed by atoms with Crippen LogP contribution in [0.3, 0.4) is 0 Å². The molecule has 13 heteroatoms. The molecule has 3 aromatic carbocycles. The number of hydrogen-bond acceptors (Lipinski definition) is 11. The van der Waals surface area contributed by atoms with Crippen molar-refractivity contribution in [2.24, 2.45) is 0 Å². The highest BCUT2D eigenvalue weighted by Gasteiger charge is 2.50. The lowest BCUT2D eigenvalue weighted by molar-refractivity contribution is -0.322. The second kappa shape index (κ2) is 40.5. The van der Waals surface area contributed by atoms with E-state index in [9.17, 15) is 22.6 Å². The van der Waals surface area contributed by atoms with E-state index in [1.54, 1.807) is 0 Å². The van der Waals surface area contributed by atoms with Gasteiger partial charge in [-0.05, 0) is 29.5 Å². The molecule has 0 bridgehead atoms. The smallest absolute Gasteiger partial charge is 0.306 e. The van der Waals surface area contributed by atoms with Gasteiger partial charge in [-0.1, -0.05) is 259 Å². The van der Waals surface area contributed by atoms with E-state index in [0.29, 0.717) is 12.8 Å². The summed E-state index contributed by atoms with van der Waals surface area (Å²) < 4.78 is 80.2. The molecule has 1 aliphatic rings. The standard InChI is InChI=1S/C62H96O12S/c1-3-5-7-9-11-13-15-17-19-21-23-25-36-44-57(63)68-49-55(73-58(64)45-37-26-24-22-20-18-16-14-12-10-8-6-4-2)50-72-62-61(71-48-54-42-34-29-35-43-54)60(70-47-53-40-32-28-33-41-53)59(56(74-62)51-75(65,66)67)69-46-52-38-30-27-31-39-52/h27-35,38-43,55-56,59-62H,3-26,36-37,44-51H2,1-2H3,(H,65,66,67)/t55?,56-,59+,60+,61-,62+/m1/s1. The Bertz CT molecular complexity index is 1970. The van der Waals surface area contributed by atoms with E-state index in [1.807, 2.05) is 91.0 Å². The molecule has 0 saturated carbocycles. The van der Waals surface area contributed by atoms with Gasteiger partial charge in [0, 0.05) is 12.8 Å². The predicted molar refractivity (Wildman–Crippen MR) is 298 cm³/mol. The van der Waals surface area contributed by atoms with E-state index in [-0.39, 0.29) is 51.8 Å². The highest BCUT2D eigenvalue weighted by molar-refractivity contribution is 7.85. The molecule has 6 atom stereocenters. The minimum Gasteiger partial charge on any atom is -0.462 e. The Morgan fingerprint density at radius 1 is 0.467 bits per heavy atom. The zero-order chi connectivity index (χ0) is 53.4. The summed E-state index contributed by atoms with van der Waals surface area (Å²) in [7, 11) is -4.62. The van der Waals surface area contributed by atoms with Gasteiger partial charge in [-0.3, -0.25) is 14.1 Å². The summed E-state index contributed by atoms with van der Waals surface area (Å²) in [4.78, 5) is 26.7. The lowest BCUT2D eigenvalue weighted by atomic mass is 9.98. The maximum atomic E-state index is 13.5. The molecule has 0 radical (unpaired) electrons. The van der Waals surface area contributed by atoms with Crippen molar-refractivity contribution in [3.63, 3.8) is 0 Å². The van der Waals surface area contributed by atoms with E-state index in [0.717, 1.165) is 55.2 Å². The molecule has 4 rings (SSSR count). The van der Waals surface area contributed by atoms with Crippen LogP contribution >= 0.6 is 0 Å². The Labute approximate surface area is 452 Å². The van der Waals surface area contributed by atoms with Crippen LogP contribution in [0, 0.1) is 0 Å². The third-order valence-electron chi connectivity index (χ3n) is 14.0. The molecule has 1 heterocycles. The topological polar surface area (TPSA) is 153 Å². The Morgan fingerprint density at radius 2 is 0.827 bits per heavy atom. The van der Waals surface area contributed by atoms with Crippen LogP contribution in [0.2, 0.25) is 0 Å². The minimum atomic E-state index is -4.62. The maximum Gasteiger partial charge on any atom is 0.306 e. The van der Waals surface area contributed by atoms with Crippen molar-refractivity contribution in [3.05, 3.63) is 108 Å². The zero-order valence-electron chi connectivity index (χ0n) is 46.0. The first-order valence-electron chi connectivity index (χ1n) is 29.2. The Hall–Kier alpha value is -3.69. The number of esters is 2. The van der Waals surface area contributed by atoms with Crippen molar-refractivity contribution in [2.45, 2.75) is 250 Å². The van der Waals surface area contributed by atoms with Gasteiger partial charge in [-0.15, -0.1) is 0 Å². The van der Waals surface area contributed by atoms with Gasteiger partial charge in [-0.2, -0.15) is 8.42 Å². The van der Waals surface area contributed by atoms with Crippen LogP contribution in [0.4, 0.5) is 0 Å². The summed E-state index contributed by atoms with van der Waals surface area (Å²) in [5.74, 6) is -1.63. The van der Waals surface area contributed by atoms with E-state index >= 15 is 0 Å². The molecule has 422 valence electrons. The number of rotatable bonds is 45. The van der Waals surface area contributed by atoms with Gasteiger partial charge in [0.25, 0.3) is 10.1 Å². The van der Waals surface area contributed by atoms with E-state index in [4.69, 9.17) is 33.2 Å². The molecule has 75 heavy (non-hydrogen) atoms. The van der Waals surface area contributed by atoms with Crippen molar-refractivity contribution in [2.75, 3.05) is 19.0 Å². The second-order valence-corrected chi connectivity index (χ2v) is 22.2. The summed E-state index contributed by atoms with van der Waals surface area (Å²) in [6.07, 6.45) is 24.8. The van der Waals surface area contributed by atoms with Crippen molar-refractivity contribution in [1.82, 2.24) is 0 Å². The van der Waals surface area contributed by atoms with Crippen LogP contribution in [-0.2, 0) is 72.7 Å². The average Bonchev–Trinajstić information content (AvgIpc) is 3.41. The molecule has 0 aromatic heterocycles. The third kappa shape index (κ3) is 30.2. The Kier molecular flexibility index (Phi) is 34.5. The normalized spacial score (nSPS) is 18.2. The first kappa shape index (κ1) is 63.8. The fourth-order valence-corrected chi connectivity index (χ4v) is 10.3. The van der Waals surface area contributed by atoms with Crippen molar-refractivity contribution < 1.29 is 55.7 Å². The van der Waals surface area contributed by atoms with Crippen molar-refractivity contribution in [3.8, 4) is 0 Å². The lowest BCUT2D eigenvalue weighted by Crippen LogP contribution is -2.62. The number of benzene rings is 3. The van der Waals surface area contributed by atoms with Crippen molar-refractivity contribution in [1.29, 1.82) is 0 Å².